The van der Waals surface area contributed by atoms with Crippen LogP contribution in [-0.4, -0.2) is 10.9 Å². The fourth-order valence-electron chi connectivity index (χ4n) is 2.08. The van der Waals surface area contributed by atoms with Crippen molar-refractivity contribution in [1.82, 2.24) is 4.98 Å². The van der Waals surface area contributed by atoms with Crippen LogP contribution in [0.2, 0.25) is 0 Å². The summed E-state index contributed by atoms with van der Waals surface area (Å²) in [6.45, 7) is 4.50. The molecular weight excluding hydrogens is 312 g/mol. The molecular formula is C21H22N2O2. The molecule has 1 amide bonds. The fraction of sp³-hybridized carbons (Fsp3) is 0.143. The minimum absolute atomic E-state index is 0.161. The first-order valence-corrected chi connectivity index (χ1v) is 8.29. The van der Waals surface area contributed by atoms with Gasteiger partial charge in [-0.05, 0) is 42.0 Å². The highest BCUT2D eigenvalue weighted by molar-refractivity contribution is 6.04. The lowest BCUT2D eigenvalue weighted by Gasteiger charge is -2.08. The molecule has 25 heavy (non-hydrogen) atoms. The zero-order chi connectivity index (χ0) is 17.9. The largest absolute Gasteiger partial charge is 0.489 e. The summed E-state index contributed by atoms with van der Waals surface area (Å²) < 4.78 is 5.71. The van der Waals surface area contributed by atoms with E-state index in [2.05, 4.69) is 10.3 Å². The molecule has 0 aliphatic rings. The molecule has 1 N–H and O–H groups in total. The van der Waals surface area contributed by atoms with Gasteiger partial charge in [-0.3, -0.25) is 9.78 Å². The monoisotopic (exact) mass is 334 g/mol. The number of hydrogen-bond donors (Lipinski definition) is 1. The van der Waals surface area contributed by atoms with E-state index in [1.807, 2.05) is 44.2 Å². The first-order valence-electron chi connectivity index (χ1n) is 8.29. The predicted molar refractivity (Wildman–Crippen MR) is 101 cm³/mol. The number of pyridine rings is 1. The van der Waals surface area contributed by atoms with Crippen molar-refractivity contribution in [3.63, 3.8) is 0 Å². The molecule has 0 fully saturated rings. The highest BCUT2D eigenvalue weighted by atomic mass is 16.5. The van der Waals surface area contributed by atoms with Gasteiger partial charge in [-0.15, -0.1) is 0 Å². The standard InChI is InChI=1S/C19H16N2O2.C2H6/c22-19(21-17-10-12-20-13-11-17)16-6-8-18(9-7-16)23-14-15-4-2-1-3-5-15;1-2/h1-13H,14H2,(H,20,21,22);1-2H3. The van der Waals surface area contributed by atoms with Gasteiger partial charge in [-0.2, -0.15) is 0 Å². The summed E-state index contributed by atoms with van der Waals surface area (Å²) in [5, 5.41) is 2.82. The summed E-state index contributed by atoms with van der Waals surface area (Å²) in [6, 6.07) is 20.5. The van der Waals surface area contributed by atoms with Crippen LogP contribution in [0.4, 0.5) is 5.69 Å². The number of carbonyl (C=O) groups excluding carboxylic acids is 1. The van der Waals surface area contributed by atoms with Crippen LogP contribution in [0.5, 0.6) is 5.75 Å². The molecule has 0 saturated carbocycles. The van der Waals surface area contributed by atoms with Crippen molar-refractivity contribution in [3.8, 4) is 5.75 Å². The summed E-state index contributed by atoms with van der Waals surface area (Å²) in [7, 11) is 0. The Kier molecular flexibility index (Phi) is 7.19. The highest BCUT2D eigenvalue weighted by Crippen LogP contribution is 2.15. The Hall–Kier alpha value is -3.14. The number of rotatable bonds is 5. The van der Waals surface area contributed by atoms with Crippen LogP contribution < -0.4 is 10.1 Å². The van der Waals surface area contributed by atoms with E-state index in [0.29, 0.717) is 12.2 Å². The van der Waals surface area contributed by atoms with Gasteiger partial charge in [0.25, 0.3) is 5.91 Å². The third-order valence-corrected chi connectivity index (χ3v) is 3.30. The van der Waals surface area contributed by atoms with E-state index in [-0.39, 0.29) is 5.91 Å². The second-order valence-electron chi connectivity index (χ2n) is 4.99. The van der Waals surface area contributed by atoms with Crippen LogP contribution in [0.3, 0.4) is 0 Å². The molecule has 4 nitrogen and oxygen atoms in total. The molecule has 1 aromatic heterocycles. The molecule has 0 radical (unpaired) electrons. The number of amides is 1. The lowest BCUT2D eigenvalue weighted by Crippen LogP contribution is -2.11. The molecule has 3 aromatic rings. The minimum Gasteiger partial charge on any atom is -0.489 e. The van der Waals surface area contributed by atoms with Gasteiger partial charge < -0.3 is 10.1 Å². The molecule has 0 spiro atoms. The van der Waals surface area contributed by atoms with Crippen molar-refractivity contribution < 1.29 is 9.53 Å². The number of hydrogen-bond acceptors (Lipinski definition) is 3. The van der Waals surface area contributed by atoms with E-state index in [4.69, 9.17) is 4.74 Å². The lowest BCUT2D eigenvalue weighted by molar-refractivity contribution is 0.102. The number of anilines is 1. The molecule has 4 heteroatoms. The number of carbonyl (C=O) groups is 1. The van der Waals surface area contributed by atoms with Gasteiger partial charge in [0.1, 0.15) is 12.4 Å². The third kappa shape index (κ3) is 5.77. The quantitative estimate of drug-likeness (QED) is 0.719. The molecule has 0 aliphatic heterocycles. The average molecular weight is 334 g/mol. The zero-order valence-electron chi connectivity index (χ0n) is 14.5. The number of nitrogens with zero attached hydrogens (tertiary/aromatic N) is 1. The topological polar surface area (TPSA) is 51.2 Å². The Bertz CT molecular complexity index is 757. The summed E-state index contributed by atoms with van der Waals surface area (Å²) in [6.07, 6.45) is 3.27. The molecule has 3 rings (SSSR count). The van der Waals surface area contributed by atoms with E-state index in [0.717, 1.165) is 17.0 Å². The Morgan fingerprint density at radius 2 is 1.56 bits per heavy atom. The average Bonchev–Trinajstić information content (AvgIpc) is 2.70. The SMILES string of the molecule is CC.O=C(Nc1ccncc1)c1ccc(OCc2ccccc2)cc1. The summed E-state index contributed by atoms with van der Waals surface area (Å²) in [5.74, 6) is 0.570. The first-order chi connectivity index (χ1) is 12.3. The maximum atomic E-state index is 12.1. The van der Waals surface area contributed by atoms with Gasteiger partial charge in [0.15, 0.2) is 0 Å². The van der Waals surface area contributed by atoms with Gasteiger partial charge in [-0.25, -0.2) is 0 Å². The Morgan fingerprint density at radius 3 is 2.20 bits per heavy atom. The molecule has 0 bridgehead atoms. The van der Waals surface area contributed by atoms with Gasteiger partial charge in [0, 0.05) is 23.6 Å². The first kappa shape index (κ1) is 18.2. The normalized spacial score (nSPS) is 9.52. The number of nitrogens with one attached hydrogen (secondary N) is 1. The minimum atomic E-state index is -0.161. The maximum Gasteiger partial charge on any atom is 0.255 e. The number of aromatic nitrogens is 1. The zero-order valence-corrected chi connectivity index (χ0v) is 14.5. The molecule has 2 aromatic carbocycles. The van der Waals surface area contributed by atoms with Gasteiger partial charge >= 0.3 is 0 Å². The van der Waals surface area contributed by atoms with Crippen molar-refractivity contribution in [2.45, 2.75) is 20.5 Å². The molecule has 128 valence electrons. The van der Waals surface area contributed by atoms with Crippen LogP contribution in [0.25, 0.3) is 0 Å². The van der Waals surface area contributed by atoms with Crippen LogP contribution in [0, 0.1) is 0 Å². The molecule has 0 aliphatic carbocycles. The van der Waals surface area contributed by atoms with Gasteiger partial charge in [0.2, 0.25) is 0 Å². The second-order valence-corrected chi connectivity index (χ2v) is 4.99. The lowest BCUT2D eigenvalue weighted by atomic mass is 10.2. The summed E-state index contributed by atoms with van der Waals surface area (Å²) in [4.78, 5) is 16.0. The van der Waals surface area contributed by atoms with Crippen LogP contribution in [-0.2, 0) is 6.61 Å². The van der Waals surface area contributed by atoms with E-state index in [1.165, 1.54) is 0 Å². The fourth-order valence-corrected chi connectivity index (χ4v) is 2.08. The predicted octanol–water partition coefficient (Wildman–Crippen LogP) is 4.94. The van der Waals surface area contributed by atoms with Crippen molar-refractivity contribution in [2.24, 2.45) is 0 Å². The molecule has 0 unspecified atom stereocenters. The van der Waals surface area contributed by atoms with Crippen LogP contribution in [0.1, 0.15) is 29.8 Å². The Morgan fingerprint density at radius 1 is 0.920 bits per heavy atom. The Balaban J connectivity index is 0.00000109. The molecule has 1 heterocycles. The van der Waals surface area contributed by atoms with E-state index in [1.54, 1.807) is 48.8 Å². The van der Waals surface area contributed by atoms with E-state index in [9.17, 15) is 4.79 Å². The highest BCUT2D eigenvalue weighted by Gasteiger charge is 2.06. The maximum absolute atomic E-state index is 12.1. The van der Waals surface area contributed by atoms with Crippen molar-refractivity contribution in [2.75, 3.05) is 5.32 Å². The number of ether oxygens (including phenoxy) is 1. The van der Waals surface area contributed by atoms with Gasteiger partial charge in [-0.1, -0.05) is 44.2 Å². The van der Waals surface area contributed by atoms with Gasteiger partial charge in [0.05, 0.1) is 0 Å². The molecule has 0 atom stereocenters. The van der Waals surface area contributed by atoms with Crippen LogP contribution >= 0.6 is 0 Å². The van der Waals surface area contributed by atoms with Crippen molar-refractivity contribution in [1.29, 1.82) is 0 Å². The van der Waals surface area contributed by atoms with E-state index >= 15 is 0 Å². The number of benzene rings is 2. The summed E-state index contributed by atoms with van der Waals surface area (Å²) in [5.41, 5.74) is 2.40. The summed E-state index contributed by atoms with van der Waals surface area (Å²) >= 11 is 0. The molecule has 0 saturated heterocycles. The second kappa shape index (κ2) is 9.88. The third-order valence-electron chi connectivity index (χ3n) is 3.30. The van der Waals surface area contributed by atoms with Crippen LogP contribution in [0.15, 0.2) is 79.1 Å². The van der Waals surface area contributed by atoms with Crippen molar-refractivity contribution in [3.05, 3.63) is 90.3 Å². The smallest absolute Gasteiger partial charge is 0.255 e. The Labute approximate surface area is 148 Å². The van der Waals surface area contributed by atoms with Crippen molar-refractivity contribution >= 4 is 11.6 Å². The van der Waals surface area contributed by atoms with E-state index < -0.39 is 0 Å².